The predicted octanol–water partition coefficient (Wildman–Crippen LogP) is 7.28. The molecule has 0 atom stereocenters. The van der Waals surface area contributed by atoms with E-state index in [9.17, 15) is 0 Å². The van der Waals surface area contributed by atoms with E-state index in [2.05, 4.69) is 117 Å². The van der Waals surface area contributed by atoms with Gasteiger partial charge in [-0.05, 0) is 0 Å². The Morgan fingerprint density at radius 2 is 1.40 bits per heavy atom. The molecule has 0 bridgehead atoms. The number of hydrogen-bond donors (Lipinski definition) is 0. The molecule has 4 aromatic rings. The molecule has 5 rings (SSSR count). The number of allylic oxidation sites excluding steroid dienone is 4. The Morgan fingerprint density at radius 1 is 0.800 bits per heavy atom. The standard InChI is InChI=1S/C15H14.C9H7.C5H5.Zr/c1-12-7-3-5-9-14(12)11-15-10-6-4-8-13(15)2;1-2-5-9-7-3-6-8(9)4-1;1-2-4-5-3-1;/h3-10H,1-2H3;1-7H;1-3H,4H2;/q;2*-1;+2. The Kier molecular flexibility index (Phi) is 8.60. The van der Waals surface area contributed by atoms with E-state index in [0.29, 0.717) is 0 Å². The third-order valence-electron chi connectivity index (χ3n) is 4.96. The van der Waals surface area contributed by atoms with Crippen LogP contribution in [0, 0.1) is 19.9 Å². The summed E-state index contributed by atoms with van der Waals surface area (Å²) in [6.07, 6.45) is 10.0. The average Bonchev–Trinajstić information content (AvgIpc) is 3.49. The van der Waals surface area contributed by atoms with Crippen LogP contribution >= 0.6 is 0 Å². The molecule has 1 heteroatoms. The van der Waals surface area contributed by atoms with Crippen molar-refractivity contribution in [3.8, 4) is 0 Å². The summed E-state index contributed by atoms with van der Waals surface area (Å²) in [7, 11) is 0. The largest absolute Gasteiger partial charge is 0.273 e. The van der Waals surface area contributed by atoms with Crippen molar-refractivity contribution >= 4 is 14.0 Å². The molecular weight excluding hydrogens is 440 g/mol. The second kappa shape index (κ2) is 11.6. The quantitative estimate of drug-likeness (QED) is 0.273. The van der Waals surface area contributed by atoms with Crippen molar-refractivity contribution in [3.05, 3.63) is 138 Å². The van der Waals surface area contributed by atoms with E-state index in [1.165, 1.54) is 60.5 Å². The van der Waals surface area contributed by atoms with Gasteiger partial charge in [0.25, 0.3) is 0 Å². The second-order valence-electron chi connectivity index (χ2n) is 7.16. The SMILES string of the molecule is Cc1ccccc1[C](=[Zr+2])c1ccccc1C.[C-]1=CC=CC1.c1ccc2[cH-]ccc2c1. The summed E-state index contributed by atoms with van der Waals surface area (Å²) in [4.78, 5) is 0. The zero-order chi connectivity index (χ0) is 21.2. The van der Waals surface area contributed by atoms with Crippen molar-refractivity contribution in [1.29, 1.82) is 0 Å². The van der Waals surface area contributed by atoms with Crippen molar-refractivity contribution in [2.24, 2.45) is 0 Å². The zero-order valence-corrected chi connectivity index (χ0v) is 20.1. The van der Waals surface area contributed by atoms with Crippen LogP contribution in [-0.2, 0) is 24.2 Å². The molecule has 4 aromatic carbocycles. The minimum Gasteiger partial charge on any atom is -0.273 e. The van der Waals surface area contributed by atoms with Crippen molar-refractivity contribution in [2.75, 3.05) is 0 Å². The fourth-order valence-electron chi connectivity index (χ4n) is 3.26. The van der Waals surface area contributed by atoms with Crippen LogP contribution in [0.3, 0.4) is 0 Å². The third-order valence-corrected chi connectivity index (χ3v) is 6.29. The van der Waals surface area contributed by atoms with E-state index in [0.717, 1.165) is 6.42 Å². The van der Waals surface area contributed by atoms with Gasteiger partial charge in [0.1, 0.15) is 0 Å². The summed E-state index contributed by atoms with van der Waals surface area (Å²) in [6, 6.07) is 31.9. The first-order chi connectivity index (χ1) is 14.7. The van der Waals surface area contributed by atoms with E-state index in [1.54, 1.807) is 0 Å². The second-order valence-corrected chi connectivity index (χ2v) is 8.39. The van der Waals surface area contributed by atoms with Gasteiger partial charge in [-0.3, -0.25) is 6.08 Å². The van der Waals surface area contributed by atoms with Crippen LogP contribution < -0.4 is 0 Å². The van der Waals surface area contributed by atoms with E-state index >= 15 is 0 Å². The van der Waals surface area contributed by atoms with Gasteiger partial charge in [-0.1, -0.05) is 6.07 Å². The first kappa shape index (κ1) is 22.2. The maximum absolute atomic E-state index is 2.99. The van der Waals surface area contributed by atoms with Crippen molar-refractivity contribution < 1.29 is 24.2 Å². The van der Waals surface area contributed by atoms with Crippen LogP contribution in [0.1, 0.15) is 28.7 Å². The maximum atomic E-state index is 2.99. The molecule has 0 N–H and O–H groups in total. The molecule has 0 nitrogen and oxygen atoms in total. The molecule has 0 fully saturated rings. The van der Waals surface area contributed by atoms with Gasteiger partial charge in [0, 0.05) is 0 Å². The molecule has 0 aromatic heterocycles. The molecule has 0 heterocycles. The monoisotopic (exact) mass is 464 g/mol. The van der Waals surface area contributed by atoms with Gasteiger partial charge < -0.3 is 0 Å². The smallest absolute Gasteiger partial charge is 0.0809 e. The molecule has 1 aliphatic rings. The van der Waals surface area contributed by atoms with Gasteiger partial charge in [0.15, 0.2) is 0 Å². The fraction of sp³-hybridized carbons (Fsp3) is 0.103. The van der Waals surface area contributed by atoms with Gasteiger partial charge in [-0.15, -0.1) is 36.1 Å². The number of hydrogen-bond acceptors (Lipinski definition) is 0. The minimum atomic E-state index is 1.01. The molecule has 0 aliphatic heterocycles. The van der Waals surface area contributed by atoms with E-state index in [-0.39, 0.29) is 0 Å². The van der Waals surface area contributed by atoms with Gasteiger partial charge in [-0.2, -0.15) is 23.6 Å². The van der Waals surface area contributed by atoms with E-state index in [4.69, 9.17) is 0 Å². The molecule has 0 spiro atoms. The van der Waals surface area contributed by atoms with Crippen LogP contribution in [-0.4, -0.2) is 3.21 Å². The average molecular weight is 466 g/mol. The summed E-state index contributed by atoms with van der Waals surface area (Å²) in [5.41, 5.74) is 5.49. The Labute approximate surface area is 195 Å². The molecule has 146 valence electrons. The number of rotatable bonds is 2. The molecule has 0 radical (unpaired) electrons. The normalized spacial score (nSPS) is 11.5. The summed E-state index contributed by atoms with van der Waals surface area (Å²) in [5.74, 6) is 0. The third kappa shape index (κ3) is 6.25. The van der Waals surface area contributed by atoms with Crippen LogP contribution in [0.2, 0.25) is 0 Å². The number of aryl methyl sites for hydroxylation is 2. The van der Waals surface area contributed by atoms with Gasteiger partial charge >= 0.3 is 112 Å². The Hall–Kier alpha value is -2.50. The van der Waals surface area contributed by atoms with Gasteiger partial charge in [-0.25, -0.2) is 12.2 Å². The molecule has 0 saturated heterocycles. The van der Waals surface area contributed by atoms with E-state index in [1.807, 2.05) is 12.2 Å². The Bertz CT molecular complexity index is 1070. The zero-order valence-electron chi connectivity index (χ0n) is 17.6. The van der Waals surface area contributed by atoms with Gasteiger partial charge in [0.2, 0.25) is 0 Å². The fourth-order valence-corrected chi connectivity index (χ4v) is 4.64. The summed E-state index contributed by atoms with van der Waals surface area (Å²) in [5, 5.41) is 2.66. The summed E-state index contributed by atoms with van der Waals surface area (Å²) < 4.78 is 1.45. The van der Waals surface area contributed by atoms with E-state index < -0.39 is 0 Å². The topological polar surface area (TPSA) is 0 Å². The summed E-state index contributed by atoms with van der Waals surface area (Å²) in [6.45, 7) is 4.36. The van der Waals surface area contributed by atoms with Gasteiger partial charge in [0.05, 0.1) is 0 Å². The Balaban J connectivity index is 0.000000151. The molecule has 0 amide bonds. The van der Waals surface area contributed by atoms with Crippen LogP contribution in [0.25, 0.3) is 10.8 Å². The van der Waals surface area contributed by atoms with Crippen LogP contribution in [0.4, 0.5) is 0 Å². The molecule has 0 saturated carbocycles. The maximum Gasteiger partial charge on any atom is -0.0809 e. The van der Waals surface area contributed by atoms with Crippen LogP contribution in [0.5, 0.6) is 0 Å². The molecular formula is C29H26Zr. The number of benzene rings is 3. The first-order valence-corrected chi connectivity index (χ1v) is 11.4. The molecule has 0 unspecified atom stereocenters. The first-order valence-electron chi connectivity index (χ1n) is 10.2. The number of fused-ring (bicyclic) bond motifs is 1. The van der Waals surface area contributed by atoms with Crippen molar-refractivity contribution in [1.82, 2.24) is 0 Å². The van der Waals surface area contributed by atoms with Crippen LogP contribution in [0.15, 0.2) is 109 Å². The Morgan fingerprint density at radius 3 is 1.90 bits per heavy atom. The van der Waals surface area contributed by atoms with Crippen molar-refractivity contribution in [2.45, 2.75) is 20.3 Å². The molecule has 1 aliphatic carbocycles. The minimum absolute atomic E-state index is 1.01. The summed E-state index contributed by atoms with van der Waals surface area (Å²) >= 11 is 1.47. The molecule has 30 heavy (non-hydrogen) atoms. The van der Waals surface area contributed by atoms with Crippen molar-refractivity contribution in [3.63, 3.8) is 0 Å². The predicted molar refractivity (Wildman–Crippen MR) is 127 cm³/mol.